The van der Waals surface area contributed by atoms with Gasteiger partial charge in [0.15, 0.2) is 0 Å². The maximum Gasteiger partial charge on any atom is 0.147 e. The van der Waals surface area contributed by atoms with Gasteiger partial charge in [-0.2, -0.15) is 0 Å². The molecule has 2 nitrogen and oxygen atoms in total. The van der Waals surface area contributed by atoms with E-state index in [2.05, 4.69) is 11.2 Å². The van der Waals surface area contributed by atoms with E-state index in [1.54, 1.807) is 19.2 Å². The van der Waals surface area contributed by atoms with Crippen molar-refractivity contribution in [2.45, 2.75) is 0 Å². The summed E-state index contributed by atoms with van der Waals surface area (Å²) in [7, 11) is 1.56. The second-order valence-corrected chi connectivity index (χ2v) is 1.84. The Bertz CT molecular complexity index is 185. The fourth-order valence-corrected chi connectivity index (χ4v) is 0.546. The maximum absolute atomic E-state index is 5.47. The summed E-state index contributed by atoms with van der Waals surface area (Å²) < 4.78 is 4.79. The van der Waals surface area contributed by atoms with Gasteiger partial charge < -0.3 is 4.74 Å². The quantitative estimate of drug-likeness (QED) is 0.555. The highest BCUT2D eigenvalue weighted by molar-refractivity contribution is 6.29. The van der Waals surface area contributed by atoms with E-state index >= 15 is 0 Å². The van der Waals surface area contributed by atoms with Crippen molar-refractivity contribution in [2.75, 3.05) is 7.11 Å². The van der Waals surface area contributed by atoms with Gasteiger partial charge in [-0.1, -0.05) is 11.6 Å². The Morgan fingerprint density at radius 2 is 2.44 bits per heavy atom. The second kappa shape index (κ2) is 2.69. The Labute approximate surface area is 58.4 Å². The Kier molecular flexibility index (Phi) is 1.90. The molecule has 0 N–H and O–H groups in total. The van der Waals surface area contributed by atoms with Gasteiger partial charge in [0, 0.05) is 0 Å². The standard InChI is InChI=1S/C6H5ClNO/c1-9-5-2-3-6(7)8-4-5/h2-3H,1H3. The summed E-state index contributed by atoms with van der Waals surface area (Å²) in [4.78, 5) is 3.67. The molecule has 1 aromatic heterocycles. The van der Waals surface area contributed by atoms with E-state index in [1.165, 1.54) is 0 Å². The topological polar surface area (TPSA) is 22.1 Å². The molecule has 0 aromatic carbocycles. The predicted molar refractivity (Wildman–Crippen MR) is 34.6 cm³/mol. The summed E-state index contributed by atoms with van der Waals surface area (Å²) in [5, 5.41) is 0.427. The van der Waals surface area contributed by atoms with E-state index in [9.17, 15) is 0 Å². The van der Waals surface area contributed by atoms with Gasteiger partial charge >= 0.3 is 0 Å². The first-order valence-corrected chi connectivity index (χ1v) is 2.79. The molecular weight excluding hydrogens is 138 g/mol. The van der Waals surface area contributed by atoms with Crippen LogP contribution in [0.25, 0.3) is 0 Å². The van der Waals surface area contributed by atoms with Crippen molar-refractivity contribution in [3.63, 3.8) is 0 Å². The smallest absolute Gasteiger partial charge is 0.147 e. The summed E-state index contributed by atoms with van der Waals surface area (Å²) in [5.41, 5.74) is 0. The van der Waals surface area contributed by atoms with Crippen molar-refractivity contribution < 1.29 is 4.74 Å². The summed E-state index contributed by atoms with van der Waals surface area (Å²) in [6.45, 7) is 0. The molecule has 0 aliphatic carbocycles. The van der Waals surface area contributed by atoms with Gasteiger partial charge in [0.1, 0.15) is 17.1 Å². The number of rotatable bonds is 1. The van der Waals surface area contributed by atoms with Crippen LogP contribution in [0.15, 0.2) is 12.1 Å². The molecule has 3 heteroatoms. The van der Waals surface area contributed by atoms with Gasteiger partial charge in [0.2, 0.25) is 0 Å². The van der Waals surface area contributed by atoms with E-state index in [0.717, 1.165) is 0 Å². The van der Waals surface area contributed by atoms with Gasteiger partial charge in [0.25, 0.3) is 0 Å². The number of pyridine rings is 1. The SMILES string of the molecule is COc1[c]nc(Cl)cc1. The minimum atomic E-state index is 0.427. The van der Waals surface area contributed by atoms with Crippen LogP contribution in [0.4, 0.5) is 0 Å². The third kappa shape index (κ3) is 1.57. The number of aromatic nitrogens is 1. The maximum atomic E-state index is 5.47. The lowest BCUT2D eigenvalue weighted by molar-refractivity contribution is 0.412. The number of hydrogen-bond donors (Lipinski definition) is 0. The van der Waals surface area contributed by atoms with Crippen LogP contribution in [0.5, 0.6) is 5.75 Å². The Hall–Kier alpha value is -0.760. The molecule has 1 aromatic rings. The monoisotopic (exact) mass is 142 g/mol. The molecule has 47 valence electrons. The zero-order chi connectivity index (χ0) is 6.69. The summed E-state index contributed by atoms with van der Waals surface area (Å²) in [6.07, 6.45) is 2.58. The van der Waals surface area contributed by atoms with Gasteiger partial charge in [0.05, 0.1) is 7.11 Å². The highest BCUT2D eigenvalue weighted by atomic mass is 35.5. The van der Waals surface area contributed by atoms with Crippen molar-refractivity contribution in [1.29, 1.82) is 0 Å². The van der Waals surface area contributed by atoms with Crippen molar-refractivity contribution >= 4 is 11.6 Å². The van der Waals surface area contributed by atoms with Crippen LogP contribution in [0, 0.1) is 6.20 Å². The van der Waals surface area contributed by atoms with E-state index in [0.29, 0.717) is 10.9 Å². The Morgan fingerprint density at radius 3 is 2.89 bits per heavy atom. The average molecular weight is 143 g/mol. The lowest BCUT2D eigenvalue weighted by Gasteiger charge is -1.94. The highest BCUT2D eigenvalue weighted by Gasteiger charge is 1.89. The molecule has 0 aliphatic heterocycles. The van der Waals surface area contributed by atoms with Gasteiger partial charge in [-0.15, -0.1) is 0 Å². The predicted octanol–water partition coefficient (Wildman–Crippen LogP) is 1.54. The van der Waals surface area contributed by atoms with Crippen molar-refractivity contribution in [3.8, 4) is 5.75 Å². The lowest BCUT2D eigenvalue weighted by atomic mass is 10.5. The number of ether oxygens (including phenoxy) is 1. The minimum absolute atomic E-state index is 0.427. The van der Waals surface area contributed by atoms with Gasteiger partial charge in [-0.3, -0.25) is 0 Å². The van der Waals surface area contributed by atoms with E-state index < -0.39 is 0 Å². The molecule has 0 unspecified atom stereocenters. The number of methoxy groups -OCH3 is 1. The Morgan fingerprint density at radius 1 is 1.67 bits per heavy atom. The van der Waals surface area contributed by atoms with Crippen LogP contribution < -0.4 is 4.74 Å². The molecule has 0 bridgehead atoms. The molecule has 1 heterocycles. The van der Waals surface area contributed by atoms with Crippen molar-refractivity contribution in [3.05, 3.63) is 23.5 Å². The fraction of sp³-hybridized carbons (Fsp3) is 0.167. The number of nitrogens with zero attached hydrogens (tertiary/aromatic N) is 1. The number of hydrogen-bond acceptors (Lipinski definition) is 2. The van der Waals surface area contributed by atoms with Crippen molar-refractivity contribution in [2.24, 2.45) is 0 Å². The zero-order valence-electron chi connectivity index (χ0n) is 4.89. The Balaban J connectivity index is 2.88. The molecule has 0 amide bonds. The van der Waals surface area contributed by atoms with Crippen LogP contribution in [-0.4, -0.2) is 12.1 Å². The molecule has 0 atom stereocenters. The lowest BCUT2D eigenvalue weighted by Crippen LogP contribution is -1.83. The van der Waals surface area contributed by atoms with E-state index in [-0.39, 0.29) is 0 Å². The molecule has 0 aliphatic rings. The summed E-state index contributed by atoms with van der Waals surface area (Å²) >= 11 is 5.47. The first kappa shape index (κ1) is 6.36. The van der Waals surface area contributed by atoms with E-state index in [4.69, 9.17) is 16.3 Å². The first-order chi connectivity index (χ1) is 4.33. The largest absolute Gasteiger partial charge is 0.494 e. The molecule has 0 saturated carbocycles. The summed E-state index contributed by atoms with van der Waals surface area (Å²) in [5.74, 6) is 0.597. The minimum Gasteiger partial charge on any atom is -0.494 e. The van der Waals surface area contributed by atoms with Gasteiger partial charge in [-0.05, 0) is 12.1 Å². The van der Waals surface area contributed by atoms with Crippen LogP contribution in [0.1, 0.15) is 0 Å². The van der Waals surface area contributed by atoms with Crippen LogP contribution in [0.2, 0.25) is 5.15 Å². The zero-order valence-corrected chi connectivity index (χ0v) is 5.64. The average Bonchev–Trinajstić information content (AvgIpc) is 1.90. The molecule has 1 radical (unpaired) electrons. The third-order valence-corrected chi connectivity index (χ3v) is 1.08. The highest BCUT2D eigenvalue weighted by Crippen LogP contribution is 2.09. The molecule has 9 heavy (non-hydrogen) atoms. The molecule has 0 saturated heterocycles. The van der Waals surface area contributed by atoms with Crippen molar-refractivity contribution in [1.82, 2.24) is 4.98 Å². The first-order valence-electron chi connectivity index (χ1n) is 2.41. The molecule has 0 spiro atoms. The molecule has 0 fully saturated rings. The van der Waals surface area contributed by atoms with Crippen LogP contribution in [-0.2, 0) is 0 Å². The normalized spacial score (nSPS) is 9.11. The van der Waals surface area contributed by atoms with Gasteiger partial charge in [-0.25, -0.2) is 4.98 Å². The summed E-state index contributed by atoms with van der Waals surface area (Å²) in [6, 6.07) is 3.35. The van der Waals surface area contributed by atoms with E-state index in [1.807, 2.05) is 0 Å². The molecular formula is C6H5ClNO. The van der Waals surface area contributed by atoms with Crippen LogP contribution >= 0.6 is 11.6 Å². The molecule has 1 rings (SSSR count). The fourth-order valence-electron chi connectivity index (χ4n) is 0.441. The third-order valence-electron chi connectivity index (χ3n) is 0.865. The van der Waals surface area contributed by atoms with Crippen LogP contribution in [0.3, 0.4) is 0 Å². The number of halogens is 1. The second-order valence-electron chi connectivity index (χ2n) is 1.45.